The topological polar surface area (TPSA) is 48.0 Å². The lowest BCUT2D eigenvalue weighted by Crippen LogP contribution is -2.09. The van der Waals surface area contributed by atoms with Gasteiger partial charge in [0.15, 0.2) is 11.3 Å². The number of unbranched alkanes of at least 4 members (excludes halogenated alkanes) is 6. The number of benzene rings is 4. The summed E-state index contributed by atoms with van der Waals surface area (Å²) in [5.74, 6) is 1.73. The van der Waals surface area contributed by atoms with Gasteiger partial charge in [-0.25, -0.2) is 0 Å². The van der Waals surface area contributed by atoms with Gasteiger partial charge in [-0.1, -0.05) is 100 Å². The molecule has 0 unspecified atom stereocenters. The van der Waals surface area contributed by atoms with Crippen LogP contribution in [0.4, 0.5) is 17.1 Å². The van der Waals surface area contributed by atoms with E-state index in [9.17, 15) is 4.79 Å². The SMILES string of the molecule is CCCCCCOc1ccc(-c2ccc(N(c3ccc(-c4cc5sc(C=O)cc5s4)cc3)c3ccc(-c4cc5sc(OC)cc5s4)cc3)cc2)c(OCCCCCC)c1. The summed E-state index contributed by atoms with van der Waals surface area (Å²) in [6, 6.07) is 41.4. The lowest BCUT2D eigenvalue weighted by Gasteiger charge is -2.26. The maximum atomic E-state index is 11.3. The summed E-state index contributed by atoms with van der Waals surface area (Å²) in [4.78, 5) is 16.9. The van der Waals surface area contributed by atoms with Crippen LogP contribution in [0.3, 0.4) is 0 Å². The van der Waals surface area contributed by atoms with Gasteiger partial charge in [0, 0.05) is 63.3 Å². The number of nitrogens with zero attached hydrogens (tertiary/aromatic N) is 1. The number of aldehydes is 1. The van der Waals surface area contributed by atoms with E-state index in [0.717, 1.165) is 90.3 Å². The summed E-state index contributed by atoms with van der Waals surface area (Å²) < 4.78 is 22.9. The maximum Gasteiger partial charge on any atom is 0.175 e. The molecule has 0 spiro atoms. The molecule has 59 heavy (non-hydrogen) atoms. The van der Waals surface area contributed by atoms with Crippen LogP contribution in [0.25, 0.3) is 50.8 Å². The van der Waals surface area contributed by atoms with Gasteiger partial charge in [-0.2, -0.15) is 0 Å². The first-order chi connectivity index (χ1) is 29.0. The van der Waals surface area contributed by atoms with Crippen molar-refractivity contribution >= 4 is 87.5 Å². The third-order valence-corrected chi connectivity index (χ3v) is 15.0. The summed E-state index contributed by atoms with van der Waals surface area (Å²) >= 11 is 6.75. The standard InChI is InChI=1S/C50H49NO4S4/c1-4-6-8-10-26-54-40-24-25-42(43(28-40)55-27-11-9-7-5-2)34-12-18-37(19-13-34)51(38-20-14-35(15-21-38)44-30-47-46(57-44)29-41(33-52)56-47)39-22-16-36(17-23-39)45-31-48-49(58-45)32-50(53-3)59-48/h12-25,28-33H,4-11,26-27H2,1-3H3. The molecule has 0 atom stereocenters. The molecule has 0 aliphatic carbocycles. The lowest BCUT2D eigenvalue weighted by molar-refractivity contribution is 0.112. The number of rotatable bonds is 20. The van der Waals surface area contributed by atoms with Crippen molar-refractivity contribution < 1.29 is 19.0 Å². The third-order valence-electron chi connectivity index (χ3n) is 10.5. The minimum atomic E-state index is 0.687. The van der Waals surface area contributed by atoms with Crippen LogP contribution in [0.1, 0.15) is 74.9 Å². The molecule has 0 aliphatic heterocycles. The Morgan fingerprint density at radius 1 is 0.525 bits per heavy atom. The third kappa shape index (κ3) is 9.60. The highest BCUT2D eigenvalue weighted by Crippen LogP contribution is 2.44. The fourth-order valence-corrected chi connectivity index (χ4v) is 11.7. The van der Waals surface area contributed by atoms with E-state index in [2.05, 4.69) is 128 Å². The van der Waals surface area contributed by atoms with Crippen LogP contribution in [0.2, 0.25) is 0 Å². The van der Waals surface area contributed by atoms with Crippen LogP contribution in [0, 0.1) is 0 Å². The highest BCUT2D eigenvalue weighted by Gasteiger charge is 2.17. The smallest absolute Gasteiger partial charge is 0.175 e. The number of anilines is 3. The average Bonchev–Trinajstić information content (AvgIpc) is 4.05. The molecule has 9 heteroatoms. The highest BCUT2D eigenvalue weighted by atomic mass is 32.1. The number of hydrogen-bond acceptors (Lipinski definition) is 9. The molecule has 0 amide bonds. The monoisotopic (exact) mass is 855 g/mol. The summed E-state index contributed by atoms with van der Waals surface area (Å²) in [5, 5.41) is 0.942. The number of carbonyl (C=O) groups excluding carboxylic acids is 1. The predicted octanol–water partition coefficient (Wildman–Crippen LogP) is 16.4. The summed E-state index contributed by atoms with van der Waals surface area (Å²) in [6.45, 7) is 5.87. The quantitative estimate of drug-likeness (QED) is 0.0564. The number of carbonyl (C=O) groups is 1. The number of ether oxygens (including phenoxy) is 3. The molecule has 5 nitrogen and oxygen atoms in total. The fraction of sp³-hybridized carbons (Fsp3) is 0.260. The molecule has 302 valence electrons. The van der Waals surface area contributed by atoms with Crippen LogP contribution < -0.4 is 19.1 Å². The van der Waals surface area contributed by atoms with Crippen LogP contribution in [-0.2, 0) is 0 Å². The minimum Gasteiger partial charge on any atom is -0.493 e. The van der Waals surface area contributed by atoms with Crippen LogP contribution in [0.15, 0.2) is 115 Å². The molecule has 0 fully saturated rings. The molecule has 0 bridgehead atoms. The molecule has 0 radical (unpaired) electrons. The Morgan fingerprint density at radius 2 is 1.05 bits per heavy atom. The summed E-state index contributed by atoms with van der Waals surface area (Å²) in [7, 11) is 1.73. The van der Waals surface area contributed by atoms with Crippen molar-refractivity contribution in [3.05, 3.63) is 120 Å². The van der Waals surface area contributed by atoms with Crippen molar-refractivity contribution in [3.8, 4) is 48.6 Å². The Labute approximate surface area is 363 Å². The lowest BCUT2D eigenvalue weighted by atomic mass is 10.0. The van der Waals surface area contributed by atoms with Gasteiger partial charge < -0.3 is 19.1 Å². The van der Waals surface area contributed by atoms with Gasteiger partial charge in [0.1, 0.15) is 11.5 Å². The molecule has 0 saturated carbocycles. The minimum absolute atomic E-state index is 0.687. The van der Waals surface area contributed by atoms with Crippen LogP contribution in [0.5, 0.6) is 16.6 Å². The number of hydrogen-bond donors (Lipinski definition) is 0. The first kappa shape index (κ1) is 40.8. The predicted molar refractivity (Wildman–Crippen MR) is 255 cm³/mol. The van der Waals surface area contributed by atoms with Gasteiger partial charge in [0.25, 0.3) is 0 Å². The Balaban J connectivity index is 1.09. The van der Waals surface area contributed by atoms with Crippen molar-refractivity contribution in [2.45, 2.75) is 65.2 Å². The zero-order valence-electron chi connectivity index (χ0n) is 33.8. The van der Waals surface area contributed by atoms with E-state index in [1.165, 1.54) is 63.2 Å². The molecule has 4 aromatic carbocycles. The summed E-state index contributed by atoms with van der Waals surface area (Å²) in [5.41, 5.74) is 7.71. The van der Waals surface area contributed by atoms with Crippen molar-refractivity contribution in [1.82, 2.24) is 0 Å². The van der Waals surface area contributed by atoms with Gasteiger partial charge in [-0.05, 0) is 96.3 Å². The van der Waals surface area contributed by atoms with Gasteiger partial charge >= 0.3 is 0 Å². The van der Waals surface area contributed by atoms with E-state index in [0.29, 0.717) is 6.61 Å². The zero-order valence-corrected chi connectivity index (χ0v) is 37.1. The van der Waals surface area contributed by atoms with E-state index in [-0.39, 0.29) is 0 Å². The van der Waals surface area contributed by atoms with Crippen LogP contribution in [-0.4, -0.2) is 26.6 Å². The Bertz CT molecular complexity index is 2530. The van der Waals surface area contributed by atoms with E-state index < -0.39 is 0 Å². The Morgan fingerprint density at radius 3 is 1.58 bits per heavy atom. The molecule has 0 saturated heterocycles. The molecule has 0 aliphatic rings. The van der Waals surface area contributed by atoms with Gasteiger partial charge in [0.05, 0.1) is 25.2 Å². The van der Waals surface area contributed by atoms with E-state index in [1.807, 2.05) is 6.07 Å². The molecule has 4 aromatic heterocycles. The van der Waals surface area contributed by atoms with E-state index in [1.54, 1.807) is 52.5 Å². The second kappa shape index (κ2) is 19.4. The van der Waals surface area contributed by atoms with Crippen molar-refractivity contribution in [2.24, 2.45) is 0 Å². The molecular weight excluding hydrogens is 807 g/mol. The van der Waals surface area contributed by atoms with E-state index in [4.69, 9.17) is 14.2 Å². The normalized spacial score (nSPS) is 11.4. The van der Waals surface area contributed by atoms with Gasteiger partial charge in [-0.15, -0.1) is 34.0 Å². The number of fused-ring (bicyclic) bond motifs is 2. The van der Waals surface area contributed by atoms with Crippen LogP contribution >= 0.6 is 45.3 Å². The van der Waals surface area contributed by atoms with E-state index >= 15 is 0 Å². The molecule has 8 aromatic rings. The largest absolute Gasteiger partial charge is 0.493 e. The van der Waals surface area contributed by atoms with Gasteiger partial charge in [-0.3, -0.25) is 4.79 Å². The molecule has 4 heterocycles. The Kier molecular flexibility index (Phi) is 13.4. The average molecular weight is 856 g/mol. The second-order valence-electron chi connectivity index (χ2n) is 14.7. The van der Waals surface area contributed by atoms with Crippen molar-refractivity contribution in [1.29, 1.82) is 0 Å². The summed E-state index contributed by atoms with van der Waals surface area (Å²) in [6.07, 6.45) is 10.3. The first-order valence-corrected chi connectivity index (χ1v) is 23.9. The molecule has 8 rings (SSSR count). The van der Waals surface area contributed by atoms with Gasteiger partial charge in [0.2, 0.25) is 0 Å². The maximum absolute atomic E-state index is 11.3. The first-order valence-electron chi connectivity index (χ1n) is 20.6. The van der Waals surface area contributed by atoms with Crippen molar-refractivity contribution in [3.63, 3.8) is 0 Å². The molecule has 0 N–H and O–H groups in total. The zero-order chi connectivity index (χ0) is 40.6. The fourth-order valence-electron chi connectivity index (χ4n) is 7.28. The Hall–Kier alpha value is -4.93. The number of methoxy groups -OCH3 is 1. The highest BCUT2D eigenvalue weighted by molar-refractivity contribution is 7.30. The second-order valence-corrected chi connectivity index (χ2v) is 19.0. The van der Waals surface area contributed by atoms with Crippen molar-refractivity contribution in [2.75, 3.05) is 25.2 Å². The molecular formula is C50H49NO4S4. The number of thiophene rings is 4.